The zero-order valence-electron chi connectivity index (χ0n) is 5.91. The van der Waals surface area contributed by atoms with Crippen LogP contribution in [0.1, 0.15) is 13.3 Å². The van der Waals surface area contributed by atoms with Gasteiger partial charge in [0.25, 0.3) is 0 Å². The highest BCUT2D eigenvalue weighted by Gasteiger charge is 2.38. The van der Waals surface area contributed by atoms with Gasteiger partial charge in [-0.3, -0.25) is 5.32 Å². The molecule has 1 saturated heterocycles. The van der Waals surface area contributed by atoms with E-state index in [2.05, 4.69) is 5.32 Å². The highest BCUT2D eigenvalue weighted by Crippen LogP contribution is 2.16. The van der Waals surface area contributed by atoms with E-state index in [-0.39, 0.29) is 0 Å². The van der Waals surface area contributed by atoms with E-state index in [1.54, 1.807) is 0 Å². The third-order valence-corrected chi connectivity index (χ3v) is 1.86. The van der Waals surface area contributed by atoms with Gasteiger partial charge in [0, 0.05) is 6.54 Å². The Morgan fingerprint density at radius 3 is 2.50 bits per heavy atom. The SMILES string of the molecule is C[C@@]1(O)NCC[C@H](O)[C@@H]1O. The first-order valence-corrected chi connectivity index (χ1v) is 3.37. The molecule has 10 heavy (non-hydrogen) atoms. The maximum Gasteiger partial charge on any atom is 0.141 e. The Labute approximate surface area is 59.5 Å². The van der Waals surface area contributed by atoms with E-state index < -0.39 is 17.9 Å². The van der Waals surface area contributed by atoms with Gasteiger partial charge in [-0.15, -0.1) is 0 Å². The molecule has 0 radical (unpaired) electrons. The zero-order valence-corrected chi connectivity index (χ0v) is 5.91. The van der Waals surface area contributed by atoms with Crippen LogP contribution in [0.5, 0.6) is 0 Å². The summed E-state index contributed by atoms with van der Waals surface area (Å²) in [4.78, 5) is 0. The fourth-order valence-electron chi connectivity index (χ4n) is 1.11. The predicted octanol–water partition coefficient (Wildman–Crippen LogP) is -1.59. The third kappa shape index (κ3) is 1.29. The summed E-state index contributed by atoms with van der Waals surface area (Å²) in [6.45, 7) is 1.98. The molecule has 4 N–H and O–H groups in total. The standard InChI is InChI=1S/C6H13NO3/c1-6(10)5(9)4(8)2-3-7-6/h4-5,7-10H,2-3H2,1H3/t4-,5-,6-/m0/s1. The van der Waals surface area contributed by atoms with E-state index in [9.17, 15) is 5.11 Å². The van der Waals surface area contributed by atoms with Gasteiger partial charge >= 0.3 is 0 Å². The van der Waals surface area contributed by atoms with Gasteiger partial charge in [0.15, 0.2) is 0 Å². The molecule has 0 aromatic carbocycles. The summed E-state index contributed by atoms with van der Waals surface area (Å²) in [6, 6.07) is 0. The van der Waals surface area contributed by atoms with Crippen LogP contribution in [0.4, 0.5) is 0 Å². The van der Waals surface area contributed by atoms with Crippen LogP contribution in [0, 0.1) is 0 Å². The van der Waals surface area contributed by atoms with Crippen molar-refractivity contribution in [1.29, 1.82) is 0 Å². The van der Waals surface area contributed by atoms with Crippen LogP contribution in [0.25, 0.3) is 0 Å². The van der Waals surface area contributed by atoms with Crippen molar-refractivity contribution in [1.82, 2.24) is 5.32 Å². The van der Waals surface area contributed by atoms with Crippen molar-refractivity contribution in [2.75, 3.05) is 6.54 Å². The lowest BCUT2D eigenvalue weighted by atomic mass is 9.96. The first-order valence-electron chi connectivity index (χ1n) is 3.37. The summed E-state index contributed by atoms with van der Waals surface area (Å²) in [5.41, 5.74) is -1.34. The molecule has 1 aliphatic heterocycles. The van der Waals surface area contributed by atoms with Crippen LogP contribution in [0.2, 0.25) is 0 Å². The van der Waals surface area contributed by atoms with Crippen LogP contribution in [-0.2, 0) is 0 Å². The highest BCUT2D eigenvalue weighted by molar-refractivity contribution is 4.89. The quantitative estimate of drug-likeness (QED) is 0.333. The van der Waals surface area contributed by atoms with Crippen molar-refractivity contribution in [2.45, 2.75) is 31.3 Å². The van der Waals surface area contributed by atoms with E-state index in [4.69, 9.17) is 10.2 Å². The van der Waals surface area contributed by atoms with Crippen molar-refractivity contribution in [2.24, 2.45) is 0 Å². The van der Waals surface area contributed by atoms with Gasteiger partial charge in [-0.25, -0.2) is 0 Å². The van der Waals surface area contributed by atoms with E-state index in [1.807, 2.05) is 0 Å². The number of aliphatic hydroxyl groups is 3. The summed E-state index contributed by atoms with van der Waals surface area (Å²) >= 11 is 0. The lowest BCUT2D eigenvalue weighted by molar-refractivity contribution is -0.152. The molecule has 1 rings (SSSR count). The molecule has 1 heterocycles. The number of rotatable bonds is 0. The van der Waals surface area contributed by atoms with Gasteiger partial charge in [-0.2, -0.15) is 0 Å². The highest BCUT2D eigenvalue weighted by atomic mass is 16.4. The molecule has 1 fully saturated rings. The van der Waals surface area contributed by atoms with E-state index in [0.29, 0.717) is 13.0 Å². The number of piperidine rings is 1. The van der Waals surface area contributed by atoms with Gasteiger partial charge in [-0.05, 0) is 13.3 Å². The van der Waals surface area contributed by atoms with Gasteiger partial charge in [0.05, 0.1) is 6.10 Å². The van der Waals surface area contributed by atoms with E-state index in [0.717, 1.165) is 0 Å². The third-order valence-electron chi connectivity index (χ3n) is 1.86. The monoisotopic (exact) mass is 147 g/mol. The second kappa shape index (κ2) is 2.47. The summed E-state index contributed by atoms with van der Waals surface area (Å²) in [5.74, 6) is 0. The molecule has 0 aromatic heterocycles. The predicted molar refractivity (Wildman–Crippen MR) is 35.3 cm³/mol. The lowest BCUT2D eigenvalue weighted by Gasteiger charge is -2.37. The molecule has 0 amide bonds. The van der Waals surface area contributed by atoms with Crippen molar-refractivity contribution in [3.05, 3.63) is 0 Å². The molecule has 0 aromatic rings. The average Bonchev–Trinajstić information content (AvgIpc) is 1.83. The van der Waals surface area contributed by atoms with Crippen molar-refractivity contribution in [3.8, 4) is 0 Å². The smallest absolute Gasteiger partial charge is 0.141 e. The zero-order chi connectivity index (χ0) is 7.78. The van der Waals surface area contributed by atoms with Crippen LogP contribution in [-0.4, -0.2) is 39.8 Å². The minimum Gasteiger partial charge on any atom is -0.390 e. The average molecular weight is 147 g/mol. The molecule has 0 saturated carbocycles. The van der Waals surface area contributed by atoms with Gasteiger partial charge in [-0.1, -0.05) is 0 Å². The molecule has 4 nitrogen and oxygen atoms in total. The van der Waals surface area contributed by atoms with Gasteiger partial charge in [0.2, 0.25) is 0 Å². The second-order valence-corrected chi connectivity index (χ2v) is 2.88. The van der Waals surface area contributed by atoms with Crippen LogP contribution in [0.3, 0.4) is 0 Å². The molecule has 0 aliphatic carbocycles. The number of nitrogens with one attached hydrogen (secondary N) is 1. The molecule has 3 atom stereocenters. The molecule has 0 bridgehead atoms. The van der Waals surface area contributed by atoms with Crippen molar-refractivity contribution < 1.29 is 15.3 Å². The largest absolute Gasteiger partial charge is 0.390 e. The van der Waals surface area contributed by atoms with Crippen LogP contribution in [0.15, 0.2) is 0 Å². The molecule has 0 unspecified atom stereocenters. The molecule has 1 aliphatic rings. The molecular weight excluding hydrogens is 134 g/mol. The van der Waals surface area contributed by atoms with Gasteiger partial charge < -0.3 is 15.3 Å². The molecule has 4 heteroatoms. The van der Waals surface area contributed by atoms with Crippen molar-refractivity contribution >= 4 is 0 Å². The fraction of sp³-hybridized carbons (Fsp3) is 1.00. The Bertz CT molecular complexity index is 126. The second-order valence-electron chi connectivity index (χ2n) is 2.88. The Morgan fingerprint density at radius 1 is 1.50 bits per heavy atom. The number of aliphatic hydroxyl groups excluding tert-OH is 2. The van der Waals surface area contributed by atoms with Crippen LogP contribution >= 0.6 is 0 Å². The minimum absolute atomic E-state index is 0.483. The molecular formula is C6H13NO3. The summed E-state index contributed by atoms with van der Waals surface area (Å²) in [5, 5.41) is 30.2. The first-order chi connectivity index (χ1) is 4.54. The van der Waals surface area contributed by atoms with E-state index in [1.165, 1.54) is 6.92 Å². The van der Waals surface area contributed by atoms with Gasteiger partial charge in [0.1, 0.15) is 11.8 Å². The number of hydrogen-bond donors (Lipinski definition) is 4. The summed E-state index contributed by atoms with van der Waals surface area (Å²) in [6.07, 6.45) is -1.41. The minimum atomic E-state index is -1.34. The normalized spacial score (nSPS) is 49.2. The maximum atomic E-state index is 9.29. The summed E-state index contributed by atoms with van der Waals surface area (Å²) < 4.78 is 0. The van der Waals surface area contributed by atoms with Crippen LogP contribution < -0.4 is 5.32 Å². The Morgan fingerprint density at radius 2 is 2.10 bits per heavy atom. The topological polar surface area (TPSA) is 72.7 Å². The fourth-order valence-corrected chi connectivity index (χ4v) is 1.11. The maximum absolute atomic E-state index is 9.29. The van der Waals surface area contributed by atoms with Crippen molar-refractivity contribution in [3.63, 3.8) is 0 Å². The van der Waals surface area contributed by atoms with E-state index >= 15 is 0 Å². The first kappa shape index (κ1) is 7.94. The summed E-state index contributed by atoms with van der Waals surface area (Å²) in [7, 11) is 0. The lowest BCUT2D eigenvalue weighted by Crippen LogP contribution is -2.61. The Balaban J connectivity index is 2.60. The molecule has 60 valence electrons. The Kier molecular flexibility index (Phi) is 1.96. The molecule has 0 spiro atoms. The Hall–Kier alpha value is -0.160. The number of hydrogen-bond acceptors (Lipinski definition) is 4.